The first-order valence-electron chi connectivity index (χ1n) is 2.82. The average molecular weight is 210 g/mol. The monoisotopic (exact) mass is 209 g/mol. The molecule has 0 unspecified atom stereocenters. The number of carbonyl (C=O) groups excluding carboxylic acids is 1. The van der Waals surface area contributed by atoms with Crippen LogP contribution in [-0.2, 0) is 0 Å². The molecule has 0 fully saturated rings. The zero-order chi connectivity index (χ0) is 9.14. The Morgan fingerprint density at radius 3 is 3.00 bits per heavy atom. The fourth-order valence-electron chi connectivity index (χ4n) is 0.555. The summed E-state index contributed by atoms with van der Waals surface area (Å²) in [5, 5.41) is 5.94. The van der Waals surface area contributed by atoms with Crippen molar-refractivity contribution in [1.29, 1.82) is 0 Å². The third-order valence-corrected chi connectivity index (χ3v) is 1.43. The van der Waals surface area contributed by atoms with Crippen molar-refractivity contribution in [3.05, 3.63) is 10.9 Å². The molecule has 0 aromatic carbocycles. The van der Waals surface area contributed by atoms with Gasteiger partial charge < -0.3 is 11.1 Å². The number of halogens is 2. The van der Waals surface area contributed by atoms with Crippen molar-refractivity contribution in [2.24, 2.45) is 10.8 Å². The third kappa shape index (κ3) is 2.18. The van der Waals surface area contributed by atoms with Gasteiger partial charge in [-0.1, -0.05) is 11.6 Å². The molecular formula is C4H5Cl2N5O. The van der Waals surface area contributed by atoms with E-state index in [1.165, 1.54) is 6.21 Å². The minimum atomic E-state index is -0.723. The van der Waals surface area contributed by atoms with E-state index < -0.39 is 6.03 Å². The van der Waals surface area contributed by atoms with E-state index in [1.807, 2.05) is 0 Å². The van der Waals surface area contributed by atoms with E-state index in [0.29, 0.717) is 0 Å². The molecule has 0 radical (unpaired) electrons. The molecule has 0 bridgehead atoms. The van der Waals surface area contributed by atoms with Gasteiger partial charge >= 0.3 is 6.03 Å². The number of nitrogens with one attached hydrogen (secondary N) is 2. The predicted octanol–water partition coefficient (Wildman–Crippen LogP) is 0.0224. The minimum absolute atomic E-state index is 0.138. The van der Waals surface area contributed by atoms with Crippen LogP contribution in [0.2, 0.25) is 0 Å². The molecule has 0 spiro atoms. The molecule has 4 N–H and O–H groups in total. The highest BCUT2D eigenvalue weighted by atomic mass is 35.5. The Hall–Kier alpha value is -1.14. The van der Waals surface area contributed by atoms with E-state index in [0.717, 1.165) is 4.64 Å². The molecule has 1 rings (SSSR count). The number of rotatable bonds is 1. The molecule has 8 heteroatoms. The highest BCUT2D eigenvalue weighted by Crippen LogP contribution is 2.08. The molecule has 2 amide bonds. The van der Waals surface area contributed by atoms with Crippen molar-refractivity contribution in [1.82, 2.24) is 15.4 Å². The fourth-order valence-corrected chi connectivity index (χ4v) is 0.903. The molecular weight excluding hydrogens is 205 g/mol. The molecule has 1 heterocycles. The Bertz CT molecular complexity index is 262. The number of nitrogens with zero attached hydrogens (tertiary/aromatic N) is 2. The van der Waals surface area contributed by atoms with Crippen LogP contribution in [0.4, 0.5) is 4.79 Å². The lowest BCUT2D eigenvalue weighted by Crippen LogP contribution is -2.36. The van der Waals surface area contributed by atoms with Crippen LogP contribution in [0.3, 0.4) is 0 Å². The van der Waals surface area contributed by atoms with Crippen LogP contribution in [0.5, 0.6) is 0 Å². The van der Waals surface area contributed by atoms with Crippen LogP contribution in [0.1, 0.15) is 0 Å². The number of urea groups is 1. The van der Waals surface area contributed by atoms with Crippen molar-refractivity contribution in [3.8, 4) is 0 Å². The van der Waals surface area contributed by atoms with Crippen LogP contribution in [0.15, 0.2) is 16.0 Å². The second-order valence-electron chi connectivity index (χ2n) is 1.83. The average Bonchev–Trinajstić information content (AvgIpc) is 1.94. The van der Waals surface area contributed by atoms with Crippen LogP contribution < -0.4 is 16.5 Å². The molecule has 0 aliphatic carbocycles. The zero-order valence-electron chi connectivity index (χ0n) is 5.71. The smallest absolute Gasteiger partial charge is 0.316 e. The van der Waals surface area contributed by atoms with Crippen LogP contribution in [0, 0.1) is 0 Å². The number of hydrazone groups is 1. The van der Waals surface area contributed by atoms with E-state index in [9.17, 15) is 4.79 Å². The second kappa shape index (κ2) is 3.51. The highest BCUT2D eigenvalue weighted by molar-refractivity contribution is 6.31. The van der Waals surface area contributed by atoms with Gasteiger partial charge in [0.2, 0.25) is 0 Å². The number of hydrazine groups is 1. The molecule has 1 aliphatic rings. The molecule has 66 valence electrons. The number of allylic oxidation sites excluding steroid dienone is 1. The molecule has 12 heavy (non-hydrogen) atoms. The first-order chi connectivity index (χ1) is 5.59. The van der Waals surface area contributed by atoms with Crippen molar-refractivity contribution >= 4 is 35.6 Å². The van der Waals surface area contributed by atoms with Gasteiger partial charge in [-0.3, -0.25) is 5.43 Å². The van der Waals surface area contributed by atoms with Gasteiger partial charge in [-0.2, -0.15) is 0 Å². The van der Waals surface area contributed by atoms with Gasteiger partial charge in [0.1, 0.15) is 5.16 Å². The lowest BCUT2D eigenvalue weighted by Gasteiger charge is -2.17. The van der Waals surface area contributed by atoms with E-state index in [2.05, 4.69) is 15.8 Å². The summed E-state index contributed by atoms with van der Waals surface area (Å²) >= 11 is 11.0. The standard InChI is InChI=1S/C4H5Cl2N5O/c5-3-2(9-4(7)12)1-8-11(6)10-3/h1,10H,(H3,7,9,12). The normalized spacial score (nSPS) is 16.0. The van der Waals surface area contributed by atoms with E-state index in [1.54, 1.807) is 0 Å². The summed E-state index contributed by atoms with van der Waals surface area (Å²) in [6, 6.07) is -0.723. The zero-order valence-corrected chi connectivity index (χ0v) is 7.23. The Labute approximate surface area is 78.1 Å². The third-order valence-electron chi connectivity index (χ3n) is 0.973. The second-order valence-corrected chi connectivity index (χ2v) is 2.53. The highest BCUT2D eigenvalue weighted by Gasteiger charge is 2.11. The van der Waals surface area contributed by atoms with Crippen molar-refractivity contribution < 1.29 is 4.79 Å². The number of primary amides is 1. The summed E-state index contributed by atoms with van der Waals surface area (Å²) in [6.45, 7) is 0. The van der Waals surface area contributed by atoms with E-state index >= 15 is 0 Å². The lowest BCUT2D eigenvalue weighted by atomic mass is 10.5. The van der Waals surface area contributed by atoms with Gasteiger partial charge in [0.05, 0.1) is 23.7 Å². The number of hydrogen-bond acceptors (Lipinski definition) is 4. The fraction of sp³-hybridized carbons (Fsp3) is 0. The van der Waals surface area contributed by atoms with Crippen molar-refractivity contribution in [2.45, 2.75) is 0 Å². The van der Waals surface area contributed by atoms with Crippen molar-refractivity contribution in [3.63, 3.8) is 0 Å². The van der Waals surface area contributed by atoms with Crippen LogP contribution >= 0.6 is 23.4 Å². The summed E-state index contributed by atoms with van der Waals surface area (Å²) in [6.07, 6.45) is 1.26. The van der Waals surface area contributed by atoms with Crippen LogP contribution in [0.25, 0.3) is 0 Å². The molecule has 1 aliphatic heterocycles. The quantitative estimate of drug-likeness (QED) is 0.421. The molecule has 0 aromatic heterocycles. The van der Waals surface area contributed by atoms with Gasteiger partial charge in [-0.15, -0.1) is 9.74 Å². The Kier molecular flexibility index (Phi) is 2.61. The van der Waals surface area contributed by atoms with Gasteiger partial charge in [0, 0.05) is 0 Å². The number of hydrogen-bond donors (Lipinski definition) is 3. The molecule has 0 atom stereocenters. The minimum Gasteiger partial charge on any atom is -0.351 e. The Balaban J connectivity index is 2.70. The molecule has 0 saturated carbocycles. The number of amides is 2. The summed E-state index contributed by atoms with van der Waals surface area (Å²) in [5.41, 5.74) is 7.52. The first-order valence-corrected chi connectivity index (χ1v) is 3.54. The van der Waals surface area contributed by atoms with Gasteiger partial charge in [-0.05, 0) is 0 Å². The summed E-state index contributed by atoms with van der Waals surface area (Å²) in [5.74, 6) is 0. The van der Waals surface area contributed by atoms with Crippen molar-refractivity contribution in [2.75, 3.05) is 0 Å². The summed E-state index contributed by atoms with van der Waals surface area (Å²) in [7, 11) is 0. The largest absolute Gasteiger partial charge is 0.351 e. The lowest BCUT2D eigenvalue weighted by molar-refractivity contribution is 0.251. The van der Waals surface area contributed by atoms with E-state index in [-0.39, 0.29) is 10.9 Å². The maximum Gasteiger partial charge on any atom is 0.316 e. The molecule has 0 saturated heterocycles. The SMILES string of the molecule is NC(=O)NC1=C(Cl)NN(Cl)N=C1. The number of carbonyl (C=O) groups is 1. The first kappa shape index (κ1) is 8.95. The van der Waals surface area contributed by atoms with Gasteiger partial charge in [0.15, 0.2) is 0 Å². The molecule has 6 nitrogen and oxygen atoms in total. The Morgan fingerprint density at radius 2 is 2.50 bits per heavy atom. The van der Waals surface area contributed by atoms with Gasteiger partial charge in [-0.25, -0.2) is 4.79 Å². The van der Waals surface area contributed by atoms with Gasteiger partial charge in [0.25, 0.3) is 0 Å². The number of nitrogens with two attached hydrogens (primary N) is 1. The topological polar surface area (TPSA) is 82.8 Å². The maximum absolute atomic E-state index is 10.4. The van der Waals surface area contributed by atoms with E-state index in [4.69, 9.17) is 29.1 Å². The summed E-state index contributed by atoms with van der Waals surface area (Å²) < 4.78 is 0.870. The Morgan fingerprint density at radius 1 is 1.83 bits per heavy atom. The maximum atomic E-state index is 10.4. The summed E-state index contributed by atoms with van der Waals surface area (Å²) in [4.78, 5) is 10.4. The van der Waals surface area contributed by atoms with Crippen LogP contribution in [-0.4, -0.2) is 16.9 Å². The molecule has 0 aromatic rings. The predicted molar refractivity (Wildman–Crippen MR) is 44.9 cm³/mol.